The molecule has 14 heavy (non-hydrogen) atoms. The van der Waals surface area contributed by atoms with E-state index in [1.165, 1.54) is 38.5 Å². The van der Waals surface area contributed by atoms with Crippen molar-refractivity contribution in [2.24, 2.45) is 5.92 Å². The molecule has 1 saturated carbocycles. The van der Waals surface area contributed by atoms with E-state index < -0.39 is 8.32 Å². The first-order valence-corrected chi connectivity index (χ1v) is 8.68. The van der Waals surface area contributed by atoms with Gasteiger partial charge < -0.3 is 9.53 Å². The number of rotatable bonds is 6. The second kappa shape index (κ2) is 5.88. The Kier molecular flexibility index (Phi) is 5.13. The predicted molar refractivity (Wildman–Crippen MR) is 61.7 cm³/mol. The van der Waals surface area contributed by atoms with E-state index in [4.69, 9.17) is 4.43 Å². The molecule has 0 bridgehead atoms. The second-order valence-electron chi connectivity index (χ2n) is 4.85. The molecule has 0 heterocycles. The van der Waals surface area contributed by atoms with Crippen molar-refractivity contribution in [1.29, 1.82) is 0 Å². The lowest BCUT2D eigenvalue weighted by Crippen LogP contribution is -2.38. The van der Waals surface area contributed by atoms with Gasteiger partial charge in [-0.1, -0.05) is 38.5 Å². The zero-order chi connectivity index (χ0) is 10.4. The molecule has 1 atom stereocenters. The number of hydrogen-bond donors (Lipinski definition) is 1. The Morgan fingerprint density at radius 2 is 2.00 bits per heavy atom. The van der Waals surface area contributed by atoms with Crippen molar-refractivity contribution in [2.75, 3.05) is 13.3 Å². The van der Waals surface area contributed by atoms with E-state index in [0.717, 1.165) is 12.0 Å². The molecule has 1 aliphatic carbocycles. The van der Waals surface area contributed by atoms with Crippen molar-refractivity contribution in [3.05, 3.63) is 0 Å². The molecule has 0 spiro atoms. The molecule has 0 aromatic heterocycles. The largest absolute Gasteiger partial charge is 0.418 e. The van der Waals surface area contributed by atoms with Crippen molar-refractivity contribution in [3.63, 3.8) is 0 Å². The van der Waals surface area contributed by atoms with Gasteiger partial charge in [0.2, 0.25) is 8.32 Å². The van der Waals surface area contributed by atoms with Crippen molar-refractivity contribution < 1.29 is 9.53 Å². The highest BCUT2D eigenvalue weighted by atomic mass is 28.4. The van der Waals surface area contributed by atoms with Gasteiger partial charge in [-0.15, -0.1) is 0 Å². The van der Waals surface area contributed by atoms with Crippen LogP contribution in [-0.4, -0.2) is 26.8 Å². The number of aliphatic hydroxyl groups is 1. The van der Waals surface area contributed by atoms with E-state index in [0.29, 0.717) is 0 Å². The first kappa shape index (κ1) is 12.2. The van der Waals surface area contributed by atoms with Gasteiger partial charge in [0.25, 0.3) is 0 Å². The Morgan fingerprint density at radius 3 is 2.50 bits per heavy atom. The maximum atomic E-state index is 9.21. The second-order valence-corrected chi connectivity index (χ2v) is 8.98. The summed E-state index contributed by atoms with van der Waals surface area (Å²) in [5.41, 5.74) is 0. The maximum absolute atomic E-state index is 9.21. The van der Waals surface area contributed by atoms with Gasteiger partial charge >= 0.3 is 0 Å². The van der Waals surface area contributed by atoms with E-state index >= 15 is 0 Å². The molecule has 0 amide bonds. The fraction of sp³-hybridized carbons (Fsp3) is 1.00. The fourth-order valence-electron chi connectivity index (χ4n) is 2.31. The van der Waals surface area contributed by atoms with Crippen LogP contribution in [0.15, 0.2) is 0 Å². The molecule has 1 aliphatic rings. The van der Waals surface area contributed by atoms with Crippen molar-refractivity contribution in [2.45, 2.75) is 51.1 Å². The van der Waals surface area contributed by atoms with E-state index in [9.17, 15) is 5.11 Å². The predicted octanol–water partition coefficient (Wildman–Crippen LogP) is 2.71. The molecule has 0 saturated heterocycles. The minimum Gasteiger partial charge on any atom is -0.418 e. The van der Waals surface area contributed by atoms with Crippen molar-refractivity contribution >= 4 is 8.32 Å². The molecule has 0 aromatic rings. The molecule has 1 rings (SSSR count). The molecule has 1 fully saturated rings. The molecule has 2 nitrogen and oxygen atoms in total. The van der Waals surface area contributed by atoms with Crippen molar-refractivity contribution in [3.8, 4) is 0 Å². The maximum Gasteiger partial charge on any atom is 0.214 e. The van der Waals surface area contributed by atoms with Crippen LogP contribution >= 0.6 is 0 Å². The van der Waals surface area contributed by atoms with Crippen LogP contribution in [0.4, 0.5) is 0 Å². The minimum absolute atomic E-state index is 0.272. The summed E-state index contributed by atoms with van der Waals surface area (Å²) in [4.78, 5) is 0. The Bertz CT molecular complexity index is 151. The third-order valence-electron chi connectivity index (χ3n) is 3.62. The van der Waals surface area contributed by atoms with Crippen LogP contribution in [0.5, 0.6) is 0 Å². The summed E-state index contributed by atoms with van der Waals surface area (Å²) in [7, 11) is 0.0343. The first-order chi connectivity index (χ1) is 6.70. The van der Waals surface area contributed by atoms with E-state index in [1.54, 1.807) is 7.11 Å². The highest BCUT2D eigenvalue weighted by molar-refractivity contribution is 6.72. The summed E-state index contributed by atoms with van der Waals surface area (Å²) in [6.45, 7) is 2.13. The monoisotopic (exact) mass is 216 g/mol. The normalized spacial score (nSPS) is 22.5. The minimum atomic E-state index is -1.71. The third kappa shape index (κ3) is 3.71. The smallest absolute Gasteiger partial charge is 0.214 e. The summed E-state index contributed by atoms with van der Waals surface area (Å²) in [5, 5.41) is 9.21. The van der Waals surface area contributed by atoms with Gasteiger partial charge in [-0.25, -0.2) is 0 Å². The Labute approximate surface area is 88.8 Å². The molecular weight excluding hydrogens is 192 g/mol. The summed E-state index contributed by atoms with van der Waals surface area (Å²) < 4.78 is 5.44. The van der Waals surface area contributed by atoms with Gasteiger partial charge in [0.05, 0.1) is 6.23 Å². The van der Waals surface area contributed by atoms with E-state index in [1.807, 2.05) is 0 Å². The molecule has 0 aliphatic heterocycles. The molecule has 1 N–H and O–H groups in total. The third-order valence-corrected chi connectivity index (χ3v) is 6.69. The van der Waals surface area contributed by atoms with Crippen LogP contribution in [0, 0.1) is 5.92 Å². The zero-order valence-electron chi connectivity index (χ0n) is 9.59. The lowest BCUT2D eigenvalue weighted by molar-refractivity contribution is 0.298. The van der Waals surface area contributed by atoms with Crippen LogP contribution in [0.3, 0.4) is 0 Å². The topological polar surface area (TPSA) is 29.5 Å². The SMILES string of the molecule is CO[Si](C)(CO)CCCC1CCCC1. The summed E-state index contributed by atoms with van der Waals surface area (Å²) in [6.07, 6.45) is 8.62. The van der Waals surface area contributed by atoms with Crippen molar-refractivity contribution in [1.82, 2.24) is 0 Å². The van der Waals surface area contributed by atoms with E-state index in [-0.39, 0.29) is 6.23 Å². The quantitative estimate of drug-likeness (QED) is 0.692. The van der Waals surface area contributed by atoms with E-state index in [2.05, 4.69) is 6.55 Å². The number of hydrogen-bond acceptors (Lipinski definition) is 2. The van der Waals surface area contributed by atoms with Gasteiger partial charge in [-0.05, 0) is 18.5 Å². The molecular formula is C11H24O2Si. The van der Waals surface area contributed by atoms with Crippen LogP contribution in [0.1, 0.15) is 38.5 Å². The zero-order valence-corrected chi connectivity index (χ0v) is 10.6. The van der Waals surface area contributed by atoms with Gasteiger partial charge in [-0.2, -0.15) is 0 Å². The standard InChI is InChI=1S/C11H24O2Si/c1-13-14(2,10-12)9-5-8-11-6-3-4-7-11/h11-12H,3-10H2,1-2H3. The van der Waals surface area contributed by atoms with Gasteiger partial charge in [0, 0.05) is 7.11 Å². The molecule has 0 radical (unpaired) electrons. The van der Waals surface area contributed by atoms with Crippen LogP contribution < -0.4 is 0 Å². The summed E-state index contributed by atoms with van der Waals surface area (Å²) in [6, 6.07) is 1.12. The molecule has 84 valence electrons. The molecule has 0 aromatic carbocycles. The van der Waals surface area contributed by atoms with Crippen LogP contribution in [0.25, 0.3) is 0 Å². The number of aliphatic hydroxyl groups excluding tert-OH is 1. The average Bonchev–Trinajstić information content (AvgIpc) is 2.70. The molecule has 1 unspecified atom stereocenters. The lowest BCUT2D eigenvalue weighted by Gasteiger charge is -2.23. The van der Waals surface area contributed by atoms with Gasteiger partial charge in [0.1, 0.15) is 0 Å². The fourth-order valence-corrected chi connectivity index (χ4v) is 3.75. The molecule has 3 heteroatoms. The highest BCUT2D eigenvalue weighted by Crippen LogP contribution is 2.30. The lowest BCUT2D eigenvalue weighted by atomic mass is 10.0. The first-order valence-electron chi connectivity index (χ1n) is 5.86. The van der Waals surface area contributed by atoms with Crippen LogP contribution in [-0.2, 0) is 4.43 Å². The van der Waals surface area contributed by atoms with Gasteiger partial charge in [-0.3, -0.25) is 0 Å². The summed E-state index contributed by atoms with van der Waals surface area (Å²) >= 11 is 0. The summed E-state index contributed by atoms with van der Waals surface area (Å²) in [5.74, 6) is 0.976. The highest BCUT2D eigenvalue weighted by Gasteiger charge is 2.26. The Balaban J connectivity index is 2.12. The van der Waals surface area contributed by atoms with Gasteiger partial charge in [0.15, 0.2) is 0 Å². The van der Waals surface area contributed by atoms with Crippen LogP contribution in [0.2, 0.25) is 12.6 Å². The Hall–Kier alpha value is 0.137. The Morgan fingerprint density at radius 1 is 1.36 bits per heavy atom. The average molecular weight is 216 g/mol.